The molecule has 0 spiro atoms. The number of nitrogens with zero attached hydrogens (tertiary/aromatic N) is 4. The van der Waals surface area contributed by atoms with Crippen LogP contribution in [0.1, 0.15) is 30.8 Å². The predicted molar refractivity (Wildman–Crippen MR) is 104 cm³/mol. The summed E-state index contributed by atoms with van der Waals surface area (Å²) < 4.78 is 25.4. The molecule has 3 rings (SSSR count). The minimum absolute atomic E-state index is 0.201. The second kappa shape index (κ2) is 9.40. The highest BCUT2D eigenvalue weighted by Gasteiger charge is 2.29. The summed E-state index contributed by atoms with van der Waals surface area (Å²) in [7, 11) is 0. The summed E-state index contributed by atoms with van der Waals surface area (Å²) >= 11 is 0. The van der Waals surface area contributed by atoms with Gasteiger partial charge in [-0.2, -0.15) is 5.10 Å². The number of amides is 2. The lowest BCUT2D eigenvalue weighted by Gasteiger charge is -2.33. The third kappa shape index (κ3) is 4.85. The fourth-order valence-electron chi connectivity index (χ4n) is 3.01. The van der Waals surface area contributed by atoms with E-state index in [0.29, 0.717) is 50.8 Å². The van der Waals surface area contributed by atoms with Gasteiger partial charge in [-0.15, -0.1) is 0 Å². The minimum Gasteiger partial charge on any atom is -0.489 e. The van der Waals surface area contributed by atoms with Crippen molar-refractivity contribution in [2.45, 2.75) is 20.3 Å². The van der Waals surface area contributed by atoms with Crippen LogP contribution in [0.5, 0.6) is 5.75 Å². The topological polar surface area (TPSA) is 76.9 Å². The quantitative estimate of drug-likeness (QED) is 0.740. The summed E-state index contributed by atoms with van der Waals surface area (Å²) in [6, 6.07) is 5.83. The Balaban J connectivity index is 1.76. The average molecular weight is 404 g/mol. The molecule has 1 aromatic carbocycles. The lowest BCUT2D eigenvalue weighted by atomic mass is 10.2. The monoisotopic (exact) mass is 404 g/mol. The Kier molecular flexibility index (Phi) is 6.69. The first-order chi connectivity index (χ1) is 14.0. The zero-order chi connectivity index (χ0) is 20.8. The van der Waals surface area contributed by atoms with Crippen molar-refractivity contribution in [1.82, 2.24) is 19.6 Å². The van der Waals surface area contributed by atoms with Gasteiger partial charge in [-0.3, -0.25) is 4.79 Å². The van der Waals surface area contributed by atoms with Crippen LogP contribution in [0.25, 0.3) is 5.69 Å². The van der Waals surface area contributed by atoms with E-state index in [9.17, 15) is 14.0 Å². The average Bonchev–Trinajstić information content (AvgIpc) is 3.16. The summed E-state index contributed by atoms with van der Waals surface area (Å²) in [4.78, 5) is 28.1. The fourth-order valence-corrected chi connectivity index (χ4v) is 3.01. The van der Waals surface area contributed by atoms with Crippen molar-refractivity contribution in [2.24, 2.45) is 0 Å². The zero-order valence-electron chi connectivity index (χ0n) is 16.6. The van der Waals surface area contributed by atoms with E-state index in [1.165, 1.54) is 16.8 Å². The first-order valence-electron chi connectivity index (χ1n) is 9.72. The van der Waals surface area contributed by atoms with Gasteiger partial charge in [0.25, 0.3) is 5.91 Å². The fraction of sp³-hybridized carbons (Fsp3) is 0.450. The first kappa shape index (κ1) is 20.6. The molecule has 2 aromatic rings. The van der Waals surface area contributed by atoms with Crippen molar-refractivity contribution in [3.8, 4) is 11.4 Å². The molecule has 0 saturated carbocycles. The third-order valence-electron chi connectivity index (χ3n) is 4.53. The van der Waals surface area contributed by atoms with E-state index >= 15 is 0 Å². The Morgan fingerprint density at radius 1 is 1.07 bits per heavy atom. The highest BCUT2D eigenvalue weighted by molar-refractivity contribution is 5.95. The van der Waals surface area contributed by atoms with E-state index in [-0.39, 0.29) is 23.5 Å². The van der Waals surface area contributed by atoms with E-state index < -0.39 is 0 Å². The molecular formula is C20H25FN4O4. The number of aromatic nitrogens is 2. The van der Waals surface area contributed by atoms with Crippen molar-refractivity contribution in [3.63, 3.8) is 0 Å². The van der Waals surface area contributed by atoms with Crippen LogP contribution in [0.4, 0.5) is 9.18 Å². The van der Waals surface area contributed by atoms with Crippen LogP contribution in [0.3, 0.4) is 0 Å². The molecule has 0 atom stereocenters. The second-order valence-corrected chi connectivity index (χ2v) is 6.59. The molecule has 2 amide bonds. The highest BCUT2D eigenvalue weighted by Crippen LogP contribution is 2.23. The van der Waals surface area contributed by atoms with Gasteiger partial charge in [0.15, 0.2) is 11.4 Å². The number of halogens is 1. The van der Waals surface area contributed by atoms with Gasteiger partial charge in [0.05, 0.1) is 25.1 Å². The van der Waals surface area contributed by atoms with Gasteiger partial charge in [-0.25, -0.2) is 13.9 Å². The number of benzene rings is 1. The van der Waals surface area contributed by atoms with Gasteiger partial charge in [0, 0.05) is 26.2 Å². The van der Waals surface area contributed by atoms with Gasteiger partial charge in [-0.1, -0.05) is 6.92 Å². The molecule has 1 aromatic heterocycles. The second-order valence-electron chi connectivity index (χ2n) is 6.59. The largest absolute Gasteiger partial charge is 0.489 e. The summed E-state index contributed by atoms with van der Waals surface area (Å²) in [6.45, 7) is 6.06. The molecule has 0 aliphatic carbocycles. The molecule has 8 nitrogen and oxygen atoms in total. The summed E-state index contributed by atoms with van der Waals surface area (Å²) in [6.07, 6.45) is 2.05. The highest BCUT2D eigenvalue weighted by atomic mass is 19.1. The standard InChI is InChI=1S/C20H25FN4O4/c1-3-13-29-17-14-25(16-7-5-15(21)6-8-16)22-18(17)19(26)23-9-11-24(12-10-23)20(27)28-4-2/h5-8,14H,3-4,9-13H2,1-2H3. The molecule has 0 radical (unpaired) electrons. The van der Waals surface area contributed by atoms with E-state index in [2.05, 4.69) is 5.10 Å². The third-order valence-corrected chi connectivity index (χ3v) is 4.53. The van der Waals surface area contributed by atoms with Gasteiger partial charge >= 0.3 is 6.09 Å². The zero-order valence-corrected chi connectivity index (χ0v) is 16.6. The smallest absolute Gasteiger partial charge is 0.409 e. The number of ether oxygens (including phenoxy) is 2. The van der Waals surface area contributed by atoms with Crippen molar-refractivity contribution in [2.75, 3.05) is 39.4 Å². The number of hydrogen-bond donors (Lipinski definition) is 0. The van der Waals surface area contributed by atoms with Crippen LogP contribution < -0.4 is 4.74 Å². The Bertz CT molecular complexity index is 845. The van der Waals surface area contributed by atoms with Crippen LogP contribution in [-0.2, 0) is 4.74 Å². The number of piperazine rings is 1. The maximum Gasteiger partial charge on any atom is 0.409 e. The Labute approximate surface area is 168 Å². The predicted octanol–water partition coefficient (Wildman–Crippen LogP) is 2.71. The molecule has 0 unspecified atom stereocenters. The van der Waals surface area contributed by atoms with Crippen LogP contribution in [0, 0.1) is 5.82 Å². The maximum atomic E-state index is 13.2. The molecule has 9 heteroatoms. The van der Waals surface area contributed by atoms with Crippen LogP contribution in [0.15, 0.2) is 30.5 Å². The molecule has 1 aliphatic heterocycles. The first-order valence-corrected chi connectivity index (χ1v) is 9.72. The lowest BCUT2D eigenvalue weighted by Crippen LogP contribution is -2.50. The molecule has 29 heavy (non-hydrogen) atoms. The van der Waals surface area contributed by atoms with Crippen LogP contribution in [-0.4, -0.2) is 71.0 Å². The minimum atomic E-state index is -0.368. The van der Waals surface area contributed by atoms with Crippen molar-refractivity contribution < 1.29 is 23.5 Å². The molecule has 2 heterocycles. The van der Waals surface area contributed by atoms with Gasteiger partial charge < -0.3 is 19.3 Å². The van der Waals surface area contributed by atoms with Crippen LogP contribution >= 0.6 is 0 Å². The van der Waals surface area contributed by atoms with Gasteiger partial charge in [-0.05, 0) is 37.6 Å². The molecule has 0 bridgehead atoms. The van der Waals surface area contributed by atoms with E-state index in [4.69, 9.17) is 9.47 Å². The van der Waals surface area contributed by atoms with E-state index in [1.54, 1.807) is 35.1 Å². The SMILES string of the molecule is CCCOc1cn(-c2ccc(F)cc2)nc1C(=O)N1CCN(C(=O)OCC)CC1. The number of carbonyl (C=O) groups is 2. The number of rotatable bonds is 6. The van der Waals surface area contributed by atoms with Crippen molar-refractivity contribution in [3.05, 3.63) is 42.0 Å². The van der Waals surface area contributed by atoms with E-state index in [1.807, 2.05) is 6.92 Å². The molecule has 156 valence electrons. The van der Waals surface area contributed by atoms with Gasteiger partial charge in [0.1, 0.15) is 5.82 Å². The van der Waals surface area contributed by atoms with Crippen molar-refractivity contribution in [1.29, 1.82) is 0 Å². The Hall–Kier alpha value is -3.10. The molecule has 1 fully saturated rings. The summed E-state index contributed by atoms with van der Waals surface area (Å²) in [5.74, 6) is -0.228. The number of carbonyl (C=O) groups excluding carboxylic acids is 2. The molecule has 0 N–H and O–H groups in total. The molecule has 1 aliphatic rings. The maximum absolute atomic E-state index is 13.2. The number of hydrogen-bond acceptors (Lipinski definition) is 5. The van der Waals surface area contributed by atoms with Crippen LogP contribution in [0.2, 0.25) is 0 Å². The Morgan fingerprint density at radius 2 is 1.72 bits per heavy atom. The molecular weight excluding hydrogens is 379 g/mol. The van der Waals surface area contributed by atoms with E-state index in [0.717, 1.165) is 6.42 Å². The normalized spacial score (nSPS) is 14.0. The summed E-state index contributed by atoms with van der Waals surface area (Å²) in [5.41, 5.74) is 0.825. The lowest BCUT2D eigenvalue weighted by molar-refractivity contribution is 0.0562. The Morgan fingerprint density at radius 3 is 2.34 bits per heavy atom. The molecule has 1 saturated heterocycles. The van der Waals surface area contributed by atoms with Crippen molar-refractivity contribution >= 4 is 12.0 Å². The van der Waals surface area contributed by atoms with Gasteiger partial charge in [0.2, 0.25) is 0 Å². The summed E-state index contributed by atoms with van der Waals surface area (Å²) in [5, 5.41) is 4.39.